The van der Waals surface area contributed by atoms with Crippen molar-refractivity contribution in [2.75, 3.05) is 11.1 Å². The highest BCUT2D eigenvalue weighted by molar-refractivity contribution is 7.99. The maximum atomic E-state index is 14.1. The molecule has 1 aromatic rings. The molecular formula is C26H32F3N3O2S. The molecule has 1 aliphatic carbocycles. The van der Waals surface area contributed by atoms with Crippen LogP contribution in [-0.2, 0) is 9.59 Å². The summed E-state index contributed by atoms with van der Waals surface area (Å²) >= 11 is 1.60. The number of allylic oxidation sites excluding steroid dienone is 3. The zero-order chi connectivity index (χ0) is 25.1. The number of hydrogen-bond donors (Lipinski definition) is 2. The van der Waals surface area contributed by atoms with Crippen molar-refractivity contribution in [1.29, 1.82) is 0 Å². The molecular weight excluding hydrogens is 475 g/mol. The molecule has 0 aromatic heterocycles. The first-order valence-electron chi connectivity index (χ1n) is 12.1. The molecule has 9 heteroatoms. The van der Waals surface area contributed by atoms with Gasteiger partial charge < -0.3 is 16.0 Å². The van der Waals surface area contributed by atoms with Crippen LogP contribution in [0.4, 0.5) is 18.9 Å². The van der Waals surface area contributed by atoms with Gasteiger partial charge in [0, 0.05) is 47.8 Å². The molecule has 0 saturated carbocycles. The number of nitrogens with one attached hydrogen (secondary N) is 1. The molecule has 5 unspecified atom stereocenters. The molecule has 4 rings (SSSR count). The number of benzene rings is 1. The molecule has 2 heterocycles. The summed E-state index contributed by atoms with van der Waals surface area (Å²) < 4.78 is 41.1. The Hall–Kier alpha value is -2.26. The highest BCUT2D eigenvalue weighted by atomic mass is 32.2. The Balaban J connectivity index is 1.26. The molecule has 5 nitrogen and oxygen atoms in total. The maximum absolute atomic E-state index is 14.1. The van der Waals surface area contributed by atoms with Crippen molar-refractivity contribution in [2.24, 2.45) is 11.7 Å². The quantitative estimate of drug-likeness (QED) is 0.481. The number of amides is 2. The highest BCUT2D eigenvalue weighted by Gasteiger charge is 2.44. The van der Waals surface area contributed by atoms with E-state index in [0.717, 1.165) is 42.3 Å². The Morgan fingerprint density at radius 2 is 1.74 bits per heavy atom. The Morgan fingerprint density at radius 1 is 1.11 bits per heavy atom. The summed E-state index contributed by atoms with van der Waals surface area (Å²) in [5.74, 6) is 0.0817. The van der Waals surface area contributed by atoms with Gasteiger partial charge in [0.05, 0.1) is 0 Å². The average molecular weight is 508 g/mol. The van der Waals surface area contributed by atoms with Gasteiger partial charge in [-0.1, -0.05) is 0 Å². The van der Waals surface area contributed by atoms with Gasteiger partial charge in [-0.3, -0.25) is 9.59 Å². The zero-order valence-electron chi connectivity index (χ0n) is 19.8. The molecule has 0 radical (unpaired) electrons. The van der Waals surface area contributed by atoms with E-state index in [9.17, 15) is 22.8 Å². The zero-order valence-corrected chi connectivity index (χ0v) is 20.6. The van der Waals surface area contributed by atoms with E-state index in [1.165, 1.54) is 6.92 Å². The standard InChI is InChI=1S/C26H32F3N3O2S/c1-15(33)31-18-2-6-21(7-3-18)35-9-8-26(34)32-19-4-5-20(32)11-17(10-19)25(30)13-16-12-23(28)24(29)14-22(16)27/h2-3,6-7,12,14,17,19-20,23-25H,4-5,8-11,13,30H2,1H3,(H,31,33). The van der Waals surface area contributed by atoms with E-state index >= 15 is 0 Å². The van der Waals surface area contributed by atoms with Crippen LogP contribution >= 0.6 is 11.8 Å². The van der Waals surface area contributed by atoms with Crippen LogP contribution in [0.1, 0.15) is 45.4 Å². The molecule has 2 fully saturated rings. The van der Waals surface area contributed by atoms with Crippen LogP contribution in [-0.4, -0.2) is 52.9 Å². The van der Waals surface area contributed by atoms with Crippen molar-refractivity contribution in [2.45, 2.75) is 80.8 Å². The first kappa shape index (κ1) is 25.8. The van der Waals surface area contributed by atoms with Crippen LogP contribution in [0.25, 0.3) is 0 Å². The molecule has 35 heavy (non-hydrogen) atoms. The molecule has 190 valence electrons. The lowest BCUT2D eigenvalue weighted by molar-refractivity contribution is -0.136. The molecule has 2 amide bonds. The number of carbonyl (C=O) groups excluding carboxylic acids is 2. The number of alkyl halides is 2. The van der Waals surface area contributed by atoms with Crippen molar-refractivity contribution in [3.05, 3.63) is 47.8 Å². The number of nitrogens with two attached hydrogens (primary N) is 1. The van der Waals surface area contributed by atoms with Crippen LogP contribution in [0.15, 0.2) is 52.7 Å². The van der Waals surface area contributed by atoms with Gasteiger partial charge in [0.1, 0.15) is 5.83 Å². The Bertz CT molecular complexity index is 986. The second-order valence-electron chi connectivity index (χ2n) is 9.68. The maximum Gasteiger partial charge on any atom is 0.223 e. The summed E-state index contributed by atoms with van der Waals surface area (Å²) in [4.78, 5) is 27.2. The Morgan fingerprint density at radius 3 is 2.37 bits per heavy atom. The van der Waals surface area contributed by atoms with Gasteiger partial charge in [0.15, 0.2) is 12.3 Å². The predicted octanol–water partition coefficient (Wildman–Crippen LogP) is 5.08. The van der Waals surface area contributed by atoms with Gasteiger partial charge >= 0.3 is 0 Å². The lowest BCUT2D eigenvalue weighted by atomic mass is 9.81. The summed E-state index contributed by atoms with van der Waals surface area (Å²) in [5.41, 5.74) is 7.28. The van der Waals surface area contributed by atoms with E-state index in [4.69, 9.17) is 5.73 Å². The molecule has 0 spiro atoms. The lowest BCUT2D eigenvalue weighted by Gasteiger charge is -2.41. The normalized spacial score (nSPS) is 28.8. The van der Waals surface area contributed by atoms with Crippen LogP contribution in [0.2, 0.25) is 0 Å². The molecule has 2 saturated heterocycles. The third-order valence-corrected chi connectivity index (χ3v) is 8.17. The van der Waals surface area contributed by atoms with E-state index in [2.05, 4.69) is 5.32 Å². The van der Waals surface area contributed by atoms with Gasteiger partial charge in [0.25, 0.3) is 0 Å². The fourth-order valence-corrected chi connectivity index (χ4v) is 6.33. The minimum absolute atomic E-state index is 0.114. The van der Waals surface area contributed by atoms with Crippen LogP contribution < -0.4 is 11.1 Å². The van der Waals surface area contributed by atoms with E-state index in [1.54, 1.807) is 11.8 Å². The Kier molecular flexibility index (Phi) is 8.27. The number of piperidine rings is 1. The lowest BCUT2D eigenvalue weighted by Crippen LogP contribution is -2.50. The summed E-state index contributed by atoms with van der Waals surface area (Å²) in [5, 5.41) is 2.73. The largest absolute Gasteiger partial charge is 0.337 e. The topological polar surface area (TPSA) is 75.4 Å². The van der Waals surface area contributed by atoms with Crippen molar-refractivity contribution in [1.82, 2.24) is 4.90 Å². The van der Waals surface area contributed by atoms with Crippen molar-refractivity contribution < 1.29 is 22.8 Å². The molecule has 3 N–H and O–H groups in total. The number of fused-ring (bicyclic) bond motifs is 2. The fraction of sp³-hybridized carbons (Fsp3) is 0.538. The summed E-state index contributed by atoms with van der Waals surface area (Å²) in [6.45, 7) is 1.46. The average Bonchev–Trinajstić information content (AvgIpc) is 3.07. The molecule has 3 aliphatic rings. The number of hydrogen-bond acceptors (Lipinski definition) is 4. The summed E-state index contributed by atoms with van der Waals surface area (Å²) in [7, 11) is 0. The predicted molar refractivity (Wildman–Crippen MR) is 132 cm³/mol. The van der Waals surface area contributed by atoms with Crippen molar-refractivity contribution >= 4 is 29.3 Å². The number of nitrogens with zero attached hydrogens (tertiary/aromatic N) is 1. The van der Waals surface area contributed by atoms with E-state index in [-0.39, 0.29) is 47.9 Å². The second-order valence-corrected chi connectivity index (χ2v) is 10.9. The van der Waals surface area contributed by atoms with Crippen LogP contribution in [0.5, 0.6) is 0 Å². The van der Waals surface area contributed by atoms with Crippen LogP contribution in [0, 0.1) is 5.92 Å². The van der Waals surface area contributed by atoms with Gasteiger partial charge in [-0.15, -0.1) is 11.8 Å². The van der Waals surface area contributed by atoms with E-state index < -0.39 is 18.2 Å². The fourth-order valence-electron chi connectivity index (χ4n) is 5.49. The SMILES string of the molecule is CC(=O)Nc1ccc(SCCC(=O)N2C3CCC2CC(C(N)CC2=CC(F)C(F)C=C2F)C3)cc1. The second kappa shape index (κ2) is 11.2. The number of halogens is 3. The number of carbonyl (C=O) groups is 2. The number of anilines is 1. The van der Waals surface area contributed by atoms with Gasteiger partial charge in [0.2, 0.25) is 11.8 Å². The van der Waals surface area contributed by atoms with Gasteiger partial charge in [-0.05, 0) is 80.0 Å². The highest BCUT2D eigenvalue weighted by Crippen LogP contribution is 2.41. The van der Waals surface area contributed by atoms with Gasteiger partial charge in [-0.25, -0.2) is 13.2 Å². The minimum Gasteiger partial charge on any atom is -0.337 e. The minimum atomic E-state index is -1.94. The molecule has 1 aromatic carbocycles. The van der Waals surface area contributed by atoms with Crippen molar-refractivity contribution in [3.63, 3.8) is 0 Å². The summed E-state index contributed by atoms with van der Waals surface area (Å²) in [6.07, 6.45) is 1.91. The number of rotatable bonds is 8. The van der Waals surface area contributed by atoms with E-state index in [0.29, 0.717) is 18.2 Å². The third kappa shape index (κ3) is 6.30. The van der Waals surface area contributed by atoms with Gasteiger partial charge in [-0.2, -0.15) is 0 Å². The van der Waals surface area contributed by atoms with E-state index in [1.807, 2.05) is 29.2 Å². The first-order valence-corrected chi connectivity index (χ1v) is 13.1. The van der Waals surface area contributed by atoms with Crippen LogP contribution in [0.3, 0.4) is 0 Å². The van der Waals surface area contributed by atoms with Crippen molar-refractivity contribution in [3.8, 4) is 0 Å². The monoisotopic (exact) mass is 507 g/mol. The molecule has 2 bridgehead atoms. The third-order valence-electron chi connectivity index (χ3n) is 7.15. The molecule has 5 atom stereocenters. The molecule has 2 aliphatic heterocycles. The Labute approximate surface area is 208 Å². The number of thioether (sulfide) groups is 1. The first-order chi connectivity index (χ1) is 16.7. The smallest absolute Gasteiger partial charge is 0.223 e. The summed E-state index contributed by atoms with van der Waals surface area (Å²) in [6, 6.07) is 7.43.